The van der Waals surface area contributed by atoms with Gasteiger partial charge in [0.2, 0.25) is 0 Å². The van der Waals surface area contributed by atoms with Gasteiger partial charge >= 0.3 is 0 Å². The Balaban J connectivity index is 2.26. The van der Waals surface area contributed by atoms with Gasteiger partial charge in [-0.25, -0.2) is 0 Å². The fourth-order valence-corrected chi connectivity index (χ4v) is 3.08. The normalized spacial score (nSPS) is 26.4. The molecule has 0 spiro atoms. The van der Waals surface area contributed by atoms with Gasteiger partial charge in [-0.2, -0.15) is 0 Å². The molecular formula is C16H26N2O. The predicted molar refractivity (Wildman–Crippen MR) is 79.3 cm³/mol. The summed E-state index contributed by atoms with van der Waals surface area (Å²) in [6, 6.07) is 6.81. The van der Waals surface area contributed by atoms with Crippen molar-refractivity contribution < 1.29 is 4.74 Å². The molecule has 1 aromatic rings. The zero-order chi connectivity index (χ0) is 14.0. The first-order valence-electron chi connectivity index (χ1n) is 7.18. The lowest BCUT2D eigenvalue weighted by molar-refractivity contribution is -0.0800. The fourth-order valence-electron chi connectivity index (χ4n) is 3.08. The molecule has 0 radical (unpaired) electrons. The number of benzene rings is 1. The minimum absolute atomic E-state index is 0.280. The van der Waals surface area contributed by atoms with E-state index >= 15 is 0 Å². The smallest absolute Gasteiger partial charge is 0.0678 e. The zero-order valence-electron chi connectivity index (χ0n) is 12.5. The molecule has 106 valence electrons. The van der Waals surface area contributed by atoms with Crippen LogP contribution in [0.2, 0.25) is 0 Å². The van der Waals surface area contributed by atoms with Gasteiger partial charge in [0.25, 0.3) is 0 Å². The highest BCUT2D eigenvalue weighted by Gasteiger charge is 2.28. The summed E-state index contributed by atoms with van der Waals surface area (Å²) in [4.78, 5) is 2.47. The van der Waals surface area contributed by atoms with E-state index in [1.165, 1.54) is 16.7 Å². The summed E-state index contributed by atoms with van der Waals surface area (Å²) < 4.78 is 5.82. The van der Waals surface area contributed by atoms with Crippen molar-refractivity contribution in [2.24, 2.45) is 5.73 Å². The summed E-state index contributed by atoms with van der Waals surface area (Å²) in [6.45, 7) is 11.2. The molecule has 1 aliphatic rings. The van der Waals surface area contributed by atoms with Crippen molar-refractivity contribution in [1.29, 1.82) is 0 Å². The number of nitrogens with zero attached hydrogens (tertiary/aromatic N) is 1. The van der Waals surface area contributed by atoms with Crippen LogP contribution in [0.1, 0.15) is 36.6 Å². The molecule has 3 heteroatoms. The summed E-state index contributed by atoms with van der Waals surface area (Å²) in [7, 11) is 0. The Morgan fingerprint density at radius 1 is 1.26 bits per heavy atom. The number of ether oxygens (including phenoxy) is 1. The Morgan fingerprint density at radius 3 is 2.47 bits per heavy atom. The highest BCUT2D eigenvalue weighted by Crippen LogP contribution is 2.27. The monoisotopic (exact) mass is 262 g/mol. The second kappa shape index (κ2) is 6.04. The minimum Gasteiger partial charge on any atom is -0.373 e. The van der Waals surface area contributed by atoms with Gasteiger partial charge < -0.3 is 10.5 Å². The maximum Gasteiger partial charge on any atom is 0.0678 e. The summed E-state index contributed by atoms with van der Waals surface area (Å²) in [5.74, 6) is 0. The molecule has 2 rings (SSSR count). The van der Waals surface area contributed by atoms with Crippen LogP contribution >= 0.6 is 0 Å². The Morgan fingerprint density at radius 2 is 1.89 bits per heavy atom. The maximum absolute atomic E-state index is 6.06. The lowest BCUT2D eigenvalue weighted by atomic mass is 9.95. The van der Waals surface area contributed by atoms with Crippen molar-refractivity contribution in [1.82, 2.24) is 4.90 Å². The number of hydrogen-bond acceptors (Lipinski definition) is 3. The minimum atomic E-state index is 0.280. The molecule has 1 heterocycles. The van der Waals surface area contributed by atoms with Crippen LogP contribution in [0.15, 0.2) is 18.2 Å². The highest BCUT2D eigenvalue weighted by atomic mass is 16.5. The van der Waals surface area contributed by atoms with Gasteiger partial charge in [0.1, 0.15) is 0 Å². The molecule has 1 unspecified atom stereocenters. The Kier molecular flexibility index (Phi) is 4.61. The largest absolute Gasteiger partial charge is 0.373 e. The van der Waals surface area contributed by atoms with Gasteiger partial charge in [0.15, 0.2) is 0 Å². The molecule has 0 aliphatic carbocycles. The van der Waals surface area contributed by atoms with Crippen molar-refractivity contribution in [2.75, 3.05) is 19.6 Å². The van der Waals surface area contributed by atoms with Crippen molar-refractivity contribution in [3.05, 3.63) is 34.9 Å². The van der Waals surface area contributed by atoms with Crippen molar-refractivity contribution in [3.8, 4) is 0 Å². The van der Waals surface area contributed by atoms with E-state index in [2.05, 4.69) is 50.8 Å². The van der Waals surface area contributed by atoms with E-state index in [0.717, 1.165) is 13.1 Å². The quantitative estimate of drug-likeness (QED) is 0.909. The van der Waals surface area contributed by atoms with Crippen molar-refractivity contribution in [2.45, 2.75) is 45.9 Å². The summed E-state index contributed by atoms with van der Waals surface area (Å²) in [5, 5.41) is 0. The molecule has 0 saturated carbocycles. The third-order valence-electron chi connectivity index (χ3n) is 4.12. The van der Waals surface area contributed by atoms with Gasteiger partial charge in [-0.3, -0.25) is 4.90 Å². The topological polar surface area (TPSA) is 38.5 Å². The molecule has 1 saturated heterocycles. The van der Waals surface area contributed by atoms with Crippen LogP contribution in [0.25, 0.3) is 0 Å². The molecule has 0 amide bonds. The van der Waals surface area contributed by atoms with Crippen LogP contribution < -0.4 is 5.73 Å². The van der Waals surface area contributed by atoms with Crippen LogP contribution in [0.4, 0.5) is 0 Å². The second-order valence-corrected chi connectivity index (χ2v) is 5.75. The molecule has 19 heavy (non-hydrogen) atoms. The Labute approximate surface area is 116 Å². The third kappa shape index (κ3) is 3.16. The number of rotatable bonds is 3. The molecule has 2 N–H and O–H groups in total. The van der Waals surface area contributed by atoms with E-state index in [4.69, 9.17) is 10.5 Å². The van der Waals surface area contributed by atoms with E-state index < -0.39 is 0 Å². The number of morpholine rings is 1. The first-order valence-corrected chi connectivity index (χ1v) is 7.18. The first-order chi connectivity index (χ1) is 9.02. The lowest BCUT2D eigenvalue weighted by Crippen LogP contribution is -2.48. The molecule has 3 atom stereocenters. The SMILES string of the molecule is Cc1cccc(C(CN)N2C[C@@H](C)O[C@@H](C)C2)c1C. The van der Waals surface area contributed by atoms with Gasteiger partial charge in [-0.05, 0) is 44.4 Å². The average Bonchev–Trinajstić information content (AvgIpc) is 2.34. The molecule has 1 fully saturated rings. The average molecular weight is 262 g/mol. The highest BCUT2D eigenvalue weighted by molar-refractivity contribution is 5.35. The van der Waals surface area contributed by atoms with Crippen LogP contribution in [0, 0.1) is 13.8 Å². The standard InChI is InChI=1S/C16H26N2O/c1-11-6-5-7-15(14(11)4)16(8-17)18-9-12(2)19-13(3)10-18/h5-7,12-13,16H,8-10,17H2,1-4H3/t12-,13+,16?. The van der Waals surface area contributed by atoms with Gasteiger partial charge in [0, 0.05) is 25.7 Å². The Bertz CT molecular complexity index is 423. The number of nitrogens with two attached hydrogens (primary N) is 1. The van der Waals surface area contributed by atoms with Crippen LogP contribution in [-0.2, 0) is 4.74 Å². The summed E-state index contributed by atoms with van der Waals surface area (Å²) >= 11 is 0. The molecule has 3 nitrogen and oxygen atoms in total. The first kappa shape index (κ1) is 14.5. The second-order valence-electron chi connectivity index (χ2n) is 5.75. The van der Waals surface area contributed by atoms with E-state index in [-0.39, 0.29) is 12.2 Å². The van der Waals surface area contributed by atoms with Crippen molar-refractivity contribution in [3.63, 3.8) is 0 Å². The van der Waals surface area contributed by atoms with Crippen LogP contribution in [0.3, 0.4) is 0 Å². The molecule has 0 aromatic heterocycles. The lowest BCUT2D eigenvalue weighted by Gasteiger charge is -2.40. The van der Waals surface area contributed by atoms with E-state index in [0.29, 0.717) is 12.6 Å². The predicted octanol–water partition coefficient (Wildman–Crippen LogP) is 2.41. The van der Waals surface area contributed by atoms with E-state index in [9.17, 15) is 0 Å². The number of aryl methyl sites for hydroxylation is 1. The molecular weight excluding hydrogens is 236 g/mol. The maximum atomic E-state index is 6.06. The molecule has 1 aromatic carbocycles. The van der Waals surface area contributed by atoms with Crippen molar-refractivity contribution >= 4 is 0 Å². The fraction of sp³-hybridized carbons (Fsp3) is 0.625. The summed E-state index contributed by atoms with van der Waals surface area (Å²) in [6.07, 6.45) is 0.561. The van der Waals surface area contributed by atoms with Crippen LogP contribution in [-0.4, -0.2) is 36.7 Å². The van der Waals surface area contributed by atoms with Crippen LogP contribution in [0.5, 0.6) is 0 Å². The summed E-state index contributed by atoms with van der Waals surface area (Å²) in [5.41, 5.74) is 10.1. The van der Waals surface area contributed by atoms with Gasteiger partial charge in [-0.15, -0.1) is 0 Å². The third-order valence-corrected chi connectivity index (χ3v) is 4.12. The number of hydrogen-bond donors (Lipinski definition) is 1. The van der Waals surface area contributed by atoms with Gasteiger partial charge in [0.05, 0.1) is 12.2 Å². The van der Waals surface area contributed by atoms with E-state index in [1.54, 1.807) is 0 Å². The molecule has 1 aliphatic heterocycles. The van der Waals surface area contributed by atoms with Gasteiger partial charge in [-0.1, -0.05) is 18.2 Å². The molecule has 0 bridgehead atoms. The zero-order valence-corrected chi connectivity index (χ0v) is 12.5. The van der Waals surface area contributed by atoms with E-state index in [1.807, 2.05) is 0 Å². The Hall–Kier alpha value is -0.900.